The van der Waals surface area contributed by atoms with Crippen LogP contribution in [0.2, 0.25) is 0 Å². The molecule has 0 aliphatic rings. The van der Waals surface area contributed by atoms with E-state index >= 15 is 0 Å². The Kier molecular flexibility index (Phi) is 2.98. The number of aryl methyl sites for hydroxylation is 2. The molecule has 0 atom stereocenters. The van der Waals surface area contributed by atoms with E-state index in [9.17, 15) is 0 Å². The highest BCUT2D eigenvalue weighted by Crippen LogP contribution is 2.10. The topological polar surface area (TPSA) is 51.8 Å². The maximum absolute atomic E-state index is 5.89. The minimum absolute atomic E-state index is 0.121. The van der Waals surface area contributed by atoms with Crippen molar-refractivity contribution in [3.05, 3.63) is 23.8 Å². The number of hydrogen-bond donors (Lipinski definition) is 1. The van der Waals surface area contributed by atoms with Gasteiger partial charge in [-0.25, -0.2) is 0 Å². The summed E-state index contributed by atoms with van der Waals surface area (Å²) in [5.41, 5.74) is 7.83. The van der Waals surface area contributed by atoms with Crippen LogP contribution in [0.15, 0.2) is 12.4 Å². The molecule has 0 spiro atoms. The van der Waals surface area contributed by atoms with Gasteiger partial charge in [0, 0.05) is 17.9 Å². The minimum Gasteiger partial charge on any atom is -0.326 e. The second-order valence-corrected chi connectivity index (χ2v) is 4.08. The molecule has 1 rings (SSSR count). The van der Waals surface area contributed by atoms with Gasteiger partial charge in [-0.05, 0) is 33.6 Å². The summed E-state index contributed by atoms with van der Waals surface area (Å²) in [6.07, 6.45) is 5.29. The zero-order valence-electron chi connectivity index (χ0n) is 8.54. The molecule has 0 saturated heterocycles. The summed E-state index contributed by atoms with van der Waals surface area (Å²) in [6.45, 7) is 6.03. The Morgan fingerprint density at radius 3 is 2.46 bits per heavy atom. The third-order valence-electron chi connectivity index (χ3n) is 1.99. The lowest BCUT2D eigenvalue weighted by atomic mass is 9.98. The molecule has 0 unspecified atom stereocenters. The third kappa shape index (κ3) is 3.51. The zero-order chi connectivity index (χ0) is 9.90. The van der Waals surface area contributed by atoms with E-state index in [2.05, 4.69) is 9.97 Å². The SMILES string of the molecule is Cc1nccnc1CCC(C)(C)N. The summed E-state index contributed by atoms with van der Waals surface area (Å²) >= 11 is 0. The molecule has 2 N–H and O–H groups in total. The van der Waals surface area contributed by atoms with Crippen molar-refractivity contribution in [3.63, 3.8) is 0 Å². The first-order valence-corrected chi connectivity index (χ1v) is 4.54. The van der Waals surface area contributed by atoms with Gasteiger partial charge in [0.2, 0.25) is 0 Å². The molecule has 0 aromatic carbocycles. The quantitative estimate of drug-likeness (QED) is 0.764. The Morgan fingerprint density at radius 1 is 1.31 bits per heavy atom. The Balaban J connectivity index is 2.60. The highest BCUT2D eigenvalue weighted by atomic mass is 14.8. The van der Waals surface area contributed by atoms with Gasteiger partial charge in [0.05, 0.1) is 11.4 Å². The normalized spacial score (nSPS) is 11.7. The summed E-state index contributed by atoms with van der Waals surface area (Å²) in [5, 5.41) is 0. The molecular weight excluding hydrogens is 162 g/mol. The third-order valence-corrected chi connectivity index (χ3v) is 1.99. The molecule has 0 fully saturated rings. The van der Waals surface area contributed by atoms with Gasteiger partial charge in [0.1, 0.15) is 0 Å². The predicted molar refractivity (Wildman–Crippen MR) is 53.4 cm³/mol. The van der Waals surface area contributed by atoms with E-state index in [0.29, 0.717) is 0 Å². The van der Waals surface area contributed by atoms with Gasteiger partial charge in [-0.15, -0.1) is 0 Å². The summed E-state index contributed by atoms with van der Waals surface area (Å²) in [4.78, 5) is 8.44. The summed E-state index contributed by atoms with van der Waals surface area (Å²) in [6, 6.07) is 0. The van der Waals surface area contributed by atoms with Gasteiger partial charge < -0.3 is 5.73 Å². The van der Waals surface area contributed by atoms with Gasteiger partial charge in [0.15, 0.2) is 0 Å². The fourth-order valence-electron chi connectivity index (χ4n) is 1.12. The van der Waals surface area contributed by atoms with E-state index in [1.165, 1.54) is 0 Å². The lowest BCUT2D eigenvalue weighted by Gasteiger charge is -2.17. The van der Waals surface area contributed by atoms with E-state index in [-0.39, 0.29) is 5.54 Å². The van der Waals surface area contributed by atoms with Crippen LogP contribution in [0.3, 0.4) is 0 Å². The fourth-order valence-corrected chi connectivity index (χ4v) is 1.12. The minimum atomic E-state index is -0.121. The Labute approximate surface area is 79.4 Å². The maximum Gasteiger partial charge on any atom is 0.0616 e. The van der Waals surface area contributed by atoms with Gasteiger partial charge in [-0.3, -0.25) is 9.97 Å². The van der Waals surface area contributed by atoms with Crippen LogP contribution in [0.4, 0.5) is 0 Å². The Morgan fingerprint density at radius 2 is 1.92 bits per heavy atom. The fraction of sp³-hybridized carbons (Fsp3) is 0.600. The van der Waals surface area contributed by atoms with Crippen molar-refractivity contribution in [2.75, 3.05) is 0 Å². The second-order valence-electron chi connectivity index (χ2n) is 4.08. The monoisotopic (exact) mass is 179 g/mol. The molecule has 3 heteroatoms. The molecule has 0 saturated carbocycles. The number of hydrogen-bond acceptors (Lipinski definition) is 3. The molecule has 1 aromatic rings. The van der Waals surface area contributed by atoms with Crippen molar-refractivity contribution in [3.8, 4) is 0 Å². The van der Waals surface area contributed by atoms with E-state index in [4.69, 9.17) is 5.73 Å². The average molecular weight is 179 g/mol. The van der Waals surface area contributed by atoms with E-state index in [0.717, 1.165) is 24.2 Å². The van der Waals surface area contributed by atoms with E-state index < -0.39 is 0 Å². The Bertz CT molecular complexity index is 276. The Hall–Kier alpha value is -0.960. The van der Waals surface area contributed by atoms with Crippen LogP contribution in [0, 0.1) is 6.92 Å². The van der Waals surface area contributed by atoms with Crippen LogP contribution in [0.5, 0.6) is 0 Å². The second kappa shape index (κ2) is 3.83. The van der Waals surface area contributed by atoms with E-state index in [1.54, 1.807) is 12.4 Å². The molecule has 0 bridgehead atoms. The molecule has 0 amide bonds. The van der Waals surface area contributed by atoms with Crippen molar-refractivity contribution in [2.45, 2.75) is 39.2 Å². The van der Waals surface area contributed by atoms with Gasteiger partial charge in [-0.1, -0.05) is 0 Å². The van der Waals surface area contributed by atoms with E-state index in [1.807, 2.05) is 20.8 Å². The first-order valence-electron chi connectivity index (χ1n) is 4.54. The van der Waals surface area contributed by atoms with Gasteiger partial charge in [-0.2, -0.15) is 0 Å². The molecule has 0 aliphatic carbocycles. The predicted octanol–water partition coefficient (Wildman–Crippen LogP) is 1.45. The first-order chi connectivity index (χ1) is 5.99. The van der Waals surface area contributed by atoms with Crippen LogP contribution in [-0.4, -0.2) is 15.5 Å². The van der Waals surface area contributed by atoms with Crippen LogP contribution in [-0.2, 0) is 6.42 Å². The molecule has 13 heavy (non-hydrogen) atoms. The number of nitrogens with two attached hydrogens (primary N) is 1. The maximum atomic E-state index is 5.89. The molecular formula is C10H17N3. The number of aromatic nitrogens is 2. The van der Waals surface area contributed by atoms with Gasteiger partial charge >= 0.3 is 0 Å². The summed E-state index contributed by atoms with van der Waals surface area (Å²) in [5.74, 6) is 0. The highest BCUT2D eigenvalue weighted by Gasteiger charge is 2.11. The zero-order valence-corrected chi connectivity index (χ0v) is 8.54. The summed E-state index contributed by atoms with van der Waals surface area (Å²) < 4.78 is 0. The lowest BCUT2D eigenvalue weighted by molar-refractivity contribution is 0.473. The van der Waals surface area contributed by atoms with Gasteiger partial charge in [0.25, 0.3) is 0 Å². The van der Waals surface area contributed by atoms with Crippen molar-refractivity contribution < 1.29 is 0 Å². The molecule has 3 nitrogen and oxygen atoms in total. The van der Waals surface area contributed by atoms with Crippen LogP contribution in [0.25, 0.3) is 0 Å². The largest absolute Gasteiger partial charge is 0.326 e. The lowest BCUT2D eigenvalue weighted by Crippen LogP contribution is -2.32. The molecule has 72 valence electrons. The summed E-state index contributed by atoms with van der Waals surface area (Å²) in [7, 11) is 0. The average Bonchev–Trinajstić information content (AvgIpc) is 2.01. The number of rotatable bonds is 3. The highest BCUT2D eigenvalue weighted by molar-refractivity contribution is 5.08. The van der Waals surface area contributed by atoms with Crippen LogP contribution in [0.1, 0.15) is 31.7 Å². The molecule has 0 radical (unpaired) electrons. The standard InChI is InChI=1S/C10H17N3/c1-8-9(13-7-6-12-8)4-5-10(2,3)11/h6-7H,4-5,11H2,1-3H3. The smallest absolute Gasteiger partial charge is 0.0616 e. The molecule has 1 heterocycles. The van der Waals surface area contributed by atoms with Crippen molar-refractivity contribution in [2.24, 2.45) is 5.73 Å². The first kappa shape index (κ1) is 10.1. The van der Waals surface area contributed by atoms with Crippen molar-refractivity contribution in [1.29, 1.82) is 0 Å². The molecule has 0 aliphatic heterocycles. The van der Waals surface area contributed by atoms with Crippen molar-refractivity contribution >= 4 is 0 Å². The molecule has 1 aromatic heterocycles. The van der Waals surface area contributed by atoms with Crippen LogP contribution < -0.4 is 5.73 Å². The number of nitrogens with zero attached hydrogens (tertiary/aromatic N) is 2. The van der Waals surface area contributed by atoms with Crippen molar-refractivity contribution in [1.82, 2.24) is 9.97 Å². The van der Waals surface area contributed by atoms with Crippen LogP contribution >= 0.6 is 0 Å².